The van der Waals surface area contributed by atoms with Crippen LogP contribution in [0, 0.1) is 11.3 Å². The molecule has 1 aliphatic rings. The summed E-state index contributed by atoms with van der Waals surface area (Å²) in [5.41, 5.74) is 0.0761. The van der Waals surface area contributed by atoms with Crippen LogP contribution in [0.5, 0.6) is 0 Å². The number of ether oxygens (including phenoxy) is 1. The molecule has 2 atom stereocenters. The van der Waals surface area contributed by atoms with Crippen LogP contribution in [0.2, 0.25) is 0 Å². The number of halogens is 2. The Morgan fingerprint density at radius 2 is 2.05 bits per heavy atom. The maximum atomic E-state index is 12.2. The second kappa shape index (κ2) is 7.76. The average molecular weight is 291 g/mol. The summed E-state index contributed by atoms with van der Waals surface area (Å²) in [5, 5.41) is 5.73. The van der Waals surface area contributed by atoms with Gasteiger partial charge in [-0.1, -0.05) is 20.8 Å². The van der Waals surface area contributed by atoms with E-state index in [4.69, 9.17) is 4.74 Å². The largest absolute Gasteiger partial charge is 0.377 e. The lowest BCUT2D eigenvalue weighted by atomic mass is 9.78. The fraction of sp³-hybridized carbons (Fsp3) is 0.929. The van der Waals surface area contributed by atoms with Gasteiger partial charge in [0.2, 0.25) is 0 Å². The first-order chi connectivity index (χ1) is 9.34. The summed E-state index contributed by atoms with van der Waals surface area (Å²) in [5.74, 6) is 0.789. The van der Waals surface area contributed by atoms with E-state index in [9.17, 15) is 8.78 Å². The predicted molar refractivity (Wildman–Crippen MR) is 77.3 cm³/mol. The number of aliphatic imine (C=N–C) groups is 1. The highest BCUT2D eigenvalue weighted by molar-refractivity contribution is 5.79. The smallest absolute Gasteiger partial charge is 0.255 e. The summed E-state index contributed by atoms with van der Waals surface area (Å²) in [6.07, 6.45) is -0.0752. The fourth-order valence-electron chi connectivity index (χ4n) is 2.63. The second-order valence-electron chi connectivity index (χ2n) is 6.28. The van der Waals surface area contributed by atoms with Crippen LogP contribution in [0.25, 0.3) is 0 Å². The zero-order valence-electron chi connectivity index (χ0n) is 12.9. The molecule has 0 spiro atoms. The van der Waals surface area contributed by atoms with Crippen LogP contribution in [-0.4, -0.2) is 45.2 Å². The van der Waals surface area contributed by atoms with Gasteiger partial charge in [0.1, 0.15) is 0 Å². The Morgan fingerprint density at radius 3 is 2.60 bits per heavy atom. The van der Waals surface area contributed by atoms with Gasteiger partial charge in [-0.05, 0) is 18.3 Å². The highest BCUT2D eigenvalue weighted by Crippen LogP contribution is 2.33. The number of alkyl halides is 2. The Bertz CT molecular complexity index is 316. The van der Waals surface area contributed by atoms with Crippen LogP contribution in [-0.2, 0) is 4.74 Å². The molecular weight excluding hydrogens is 264 g/mol. The van der Waals surface area contributed by atoms with Crippen molar-refractivity contribution in [2.45, 2.75) is 46.1 Å². The summed E-state index contributed by atoms with van der Waals surface area (Å²) in [6.45, 7) is 7.60. The molecule has 0 aliphatic carbocycles. The second-order valence-corrected chi connectivity index (χ2v) is 6.28. The molecule has 1 fully saturated rings. The van der Waals surface area contributed by atoms with Crippen LogP contribution in [0.4, 0.5) is 8.78 Å². The van der Waals surface area contributed by atoms with Gasteiger partial charge in [0.05, 0.1) is 12.6 Å². The number of rotatable bonds is 4. The molecule has 118 valence electrons. The van der Waals surface area contributed by atoms with Crippen LogP contribution in [0.15, 0.2) is 4.99 Å². The third-order valence-electron chi connectivity index (χ3n) is 3.48. The molecule has 0 aromatic rings. The van der Waals surface area contributed by atoms with Gasteiger partial charge >= 0.3 is 0 Å². The molecule has 0 radical (unpaired) electrons. The quantitative estimate of drug-likeness (QED) is 0.617. The molecule has 4 nitrogen and oxygen atoms in total. The number of nitrogens with zero attached hydrogens (tertiary/aromatic N) is 1. The van der Waals surface area contributed by atoms with Gasteiger partial charge in [0.25, 0.3) is 6.43 Å². The van der Waals surface area contributed by atoms with Gasteiger partial charge in [0, 0.05) is 26.1 Å². The Labute approximate surface area is 120 Å². The lowest BCUT2D eigenvalue weighted by Crippen LogP contribution is -2.48. The van der Waals surface area contributed by atoms with Crippen molar-refractivity contribution >= 4 is 5.96 Å². The van der Waals surface area contributed by atoms with Crippen LogP contribution in [0.3, 0.4) is 0 Å². The van der Waals surface area contributed by atoms with Crippen molar-refractivity contribution in [2.75, 3.05) is 26.7 Å². The van der Waals surface area contributed by atoms with Crippen LogP contribution >= 0.6 is 0 Å². The summed E-state index contributed by atoms with van der Waals surface area (Å²) < 4.78 is 30.3. The minimum atomic E-state index is -2.38. The van der Waals surface area contributed by atoms with E-state index >= 15 is 0 Å². The van der Waals surface area contributed by atoms with E-state index in [2.05, 4.69) is 36.4 Å². The van der Waals surface area contributed by atoms with Crippen molar-refractivity contribution < 1.29 is 13.5 Å². The molecule has 0 amide bonds. The summed E-state index contributed by atoms with van der Waals surface area (Å²) in [7, 11) is 1.58. The van der Waals surface area contributed by atoms with Crippen molar-refractivity contribution in [2.24, 2.45) is 16.3 Å². The summed E-state index contributed by atoms with van der Waals surface area (Å²) in [4.78, 5) is 3.95. The van der Waals surface area contributed by atoms with Gasteiger partial charge in [-0.15, -0.1) is 0 Å². The Balaban J connectivity index is 2.48. The van der Waals surface area contributed by atoms with E-state index < -0.39 is 6.43 Å². The topological polar surface area (TPSA) is 45.7 Å². The van der Waals surface area contributed by atoms with Crippen LogP contribution in [0.1, 0.15) is 33.6 Å². The molecule has 0 aromatic heterocycles. The maximum absolute atomic E-state index is 12.2. The number of guanidine groups is 1. The number of nitrogens with one attached hydrogen (secondary N) is 2. The standard InChI is InChI=1S/C14H27F2N3O/c1-14(2,3)12-10(6-5-7-20-12)8-18-13(17-4)19-9-11(15)16/h10-12H,5-9H2,1-4H3,(H2,17,18,19). The molecule has 1 saturated heterocycles. The molecule has 1 aliphatic heterocycles. The molecule has 6 heteroatoms. The van der Waals surface area contributed by atoms with Gasteiger partial charge < -0.3 is 15.4 Å². The van der Waals surface area contributed by atoms with Crippen molar-refractivity contribution in [3.05, 3.63) is 0 Å². The molecule has 0 aromatic carbocycles. The summed E-state index contributed by atoms with van der Waals surface area (Å²) >= 11 is 0. The van der Waals surface area contributed by atoms with E-state index in [0.29, 0.717) is 18.4 Å². The van der Waals surface area contributed by atoms with E-state index in [-0.39, 0.29) is 18.1 Å². The zero-order valence-corrected chi connectivity index (χ0v) is 12.9. The molecule has 1 heterocycles. The average Bonchev–Trinajstić information content (AvgIpc) is 2.38. The van der Waals surface area contributed by atoms with Crippen LogP contribution < -0.4 is 10.6 Å². The first-order valence-corrected chi connectivity index (χ1v) is 7.19. The summed E-state index contributed by atoms with van der Waals surface area (Å²) in [6, 6.07) is 0. The lowest BCUT2D eigenvalue weighted by Gasteiger charge is -2.40. The highest BCUT2D eigenvalue weighted by Gasteiger charge is 2.35. The maximum Gasteiger partial charge on any atom is 0.255 e. The molecule has 0 saturated carbocycles. The van der Waals surface area contributed by atoms with Crippen molar-refractivity contribution in [3.63, 3.8) is 0 Å². The molecule has 0 bridgehead atoms. The van der Waals surface area contributed by atoms with Gasteiger partial charge in [-0.25, -0.2) is 8.78 Å². The molecule has 1 rings (SSSR count). The third-order valence-corrected chi connectivity index (χ3v) is 3.48. The SMILES string of the molecule is CN=C(NCC(F)F)NCC1CCCOC1C(C)(C)C. The monoisotopic (exact) mass is 291 g/mol. The van der Waals surface area contributed by atoms with Crippen molar-refractivity contribution in [1.29, 1.82) is 0 Å². The number of hydrogen-bond donors (Lipinski definition) is 2. The molecular formula is C14H27F2N3O. The lowest BCUT2D eigenvalue weighted by molar-refractivity contribution is -0.0835. The van der Waals surface area contributed by atoms with Gasteiger partial charge in [-0.2, -0.15) is 0 Å². The molecule has 20 heavy (non-hydrogen) atoms. The van der Waals surface area contributed by atoms with E-state index in [1.54, 1.807) is 7.05 Å². The minimum absolute atomic E-state index is 0.0761. The number of hydrogen-bond acceptors (Lipinski definition) is 2. The normalized spacial score (nSPS) is 24.9. The Morgan fingerprint density at radius 1 is 1.35 bits per heavy atom. The highest BCUT2D eigenvalue weighted by atomic mass is 19.3. The molecule has 2 unspecified atom stereocenters. The van der Waals surface area contributed by atoms with Crippen molar-refractivity contribution in [3.8, 4) is 0 Å². The molecule has 2 N–H and O–H groups in total. The van der Waals surface area contributed by atoms with Gasteiger partial charge in [0.15, 0.2) is 5.96 Å². The third kappa shape index (κ3) is 5.61. The van der Waals surface area contributed by atoms with E-state index in [1.807, 2.05) is 0 Å². The minimum Gasteiger partial charge on any atom is -0.377 e. The Kier molecular flexibility index (Phi) is 6.65. The first kappa shape index (κ1) is 17.1. The first-order valence-electron chi connectivity index (χ1n) is 7.19. The van der Waals surface area contributed by atoms with E-state index in [0.717, 1.165) is 19.4 Å². The van der Waals surface area contributed by atoms with Crippen molar-refractivity contribution in [1.82, 2.24) is 10.6 Å². The van der Waals surface area contributed by atoms with E-state index in [1.165, 1.54) is 0 Å². The van der Waals surface area contributed by atoms with Gasteiger partial charge in [-0.3, -0.25) is 4.99 Å². The Hall–Kier alpha value is -0.910. The zero-order chi connectivity index (χ0) is 15.2. The fourth-order valence-corrected chi connectivity index (χ4v) is 2.63. The predicted octanol–water partition coefficient (Wildman–Crippen LogP) is 2.26.